The lowest BCUT2D eigenvalue weighted by Gasteiger charge is -2.39. The molecule has 1 N–H and O–H groups in total. The van der Waals surface area contributed by atoms with E-state index in [9.17, 15) is 9.59 Å². The van der Waals surface area contributed by atoms with Gasteiger partial charge in [0.25, 0.3) is 5.91 Å². The molecule has 112 valence electrons. The van der Waals surface area contributed by atoms with E-state index in [1.54, 1.807) is 30.1 Å². The van der Waals surface area contributed by atoms with Crippen LogP contribution in [0.2, 0.25) is 0 Å². The maximum atomic E-state index is 12.4. The number of ether oxygens (including phenoxy) is 2. The molecule has 1 fully saturated rings. The first-order chi connectivity index (χ1) is 10.1. The van der Waals surface area contributed by atoms with Gasteiger partial charge in [-0.15, -0.1) is 0 Å². The van der Waals surface area contributed by atoms with E-state index in [1.165, 1.54) is 0 Å². The minimum absolute atomic E-state index is 0.00759. The summed E-state index contributed by atoms with van der Waals surface area (Å²) in [7, 11) is 1.71. The molecule has 0 unspecified atom stereocenters. The Morgan fingerprint density at radius 1 is 1.19 bits per heavy atom. The first kappa shape index (κ1) is 13.7. The zero-order chi connectivity index (χ0) is 15.0. The number of benzene rings is 1. The van der Waals surface area contributed by atoms with E-state index in [-0.39, 0.29) is 17.9 Å². The zero-order valence-corrected chi connectivity index (χ0v) is 11.7. The highest BCUT2D eigenvalue weighted by molar-refractivity contribution is 5.95. The van der Waals surface area contributed by atoms with Crippen LogP contribution in [0.3, 0.4) is 0 Å². The molecule has 0 aromatic heterocycles. The number of hydrogen-bond acceptors (Lipinski definition) is 4. The van der Waals surface area contributed by atoms with Crippen LogP contribution >= 0.6 is 0 Å². The molecular formula is C15H17NO5. The number of carbonyl (C=O) groups excluding carboxylic acids is 1. The highest BCUT2D eigenvalue weighted by atomic mass is 16.6. The van der Waals surface area contributed by atoms with Gasteiger partial charge in [-0.05, 0) is 31.0 Å². The van der Waals surface area contributed by atoms with Gasteiger partial charge in [0, 0.05) is 18.7 Å². The summed E-state index contributed by atoms with van der Waals surface area (Å²) < 4.78 is 10.9. The van der Waals surface area contributed by atoms with Crippen molar-refractivity contribution in [2.24, 2.45) is 5.92 Å². The topological polar surface area (TPSA) is 76.1 Å². The second kappa shape index (κ2) is 5.27. The molecule has 0 radical (unpaired) electrons. The molecule has 0 bridgehead atoms. The molecular weight excluding hydrogens is 274 g/mol. The van der Waals surface area contributed by atoms with Gasteiger partial charge in [0.05, 0.1) is 5.92 Å². The highest BCUT2D eigenvalue weighted by Gasteiger charge is 2.38. The predicted octanol–water partition coefficient (Wildman–Crippen LogP) is 1.39. The molecule has 0 spiro atoms. The summed E-state index contributed by atoms with van der Waals surface area (Å²) in [5, 5.41) is 8.89. The molecule has 3 rings (SSSR count). The molecule has 6 nitrogen and oxygen atoms in total. The number of carboxylic acid groups (broad SMARTS) is 1. The van der Waals surface area contributed by atoms with Gasteiger partial charge in [-0.25, -0.2) is 0 Å². The van der Waals surface area contributed by atoms with E-state index in [2.05, 4.69) is 0 Å². The molecule has 21 heavy (non-hydrogen) atoms. The smallest absolute Gasteiger partial charge is 0.306 e. The van der Waals surface area contributed by atoms with E-state index in [0.717, 1.165) is 0 Å². The van der Waals surface area contributed by atoms with Crippen molar-refractivity contribution in [3.63, 3.8) is 0 Å². The zero-order valence-electron chi connectivity index (χ0n) is 11.7. The quantitative estimate of drug-likeness (QED) is 0.911. The number of aliphatic carboxylic acids is 1. The molecule has 0 saturated heterocycles. The standard InChI is InChI=1S/C15H17NO5/c1-16(11-6-10(7-11)15(18)19)14(17)9-2-3-12-13(8-9)21-5-4-20-12/h2-3,8,10-11H,4-7H2,1H3,(H,18,19). The molecule has 1 amide bonds. The summed E-state index contributed by atoms with van der Waals surface area (Å²) in [6.07, 6.45) is 1.03. The van der Waals surface area contributed by atoms with Crippen molar-refractivity contribution in [3.8, 4) is 11.5 Å². The summed E-state index contributed by atoms with van der Waals surface area (Å²) in [6, 6.07) is 5.11. The highest BCUT2D eigenvalue weighted by Crippen LogP contribution is 2.34. The van der Waals surface area contributed by atoms with Crippen LogP contribution < -0.4 is 9.47 Å². The fourth-order valence-electron chi connectivity index (χ4n) is 2.65. The second-order valence-electron chi connectivity index (χ2n) is 5.43. The summed E-state index contributed by atoms with van der Waals surface area (Å²) >= 11 is 0. The Hall–Kier alpha value is -2.24. The lowest BCUT2D eigenvalue weighted by molar-refractivity contribution is -0.146. The molecule has 1 aliphatic carbocycles. The fourth-order valence-corrected chi connectivity index (χ4v) is 2.65. The van der Waals surface area contributed by atoms with E-state index in [0.29, 0.717) is 43.1 Å². The number of nitrogens with zero attached hydrogens (tertiary/aromatic N) is 1. The first-order valence-corrected chi connectivity index (χ1v) is 6.96. The lowest BCUT2D eigenvalue weighted by atomic mass is 9.79. The minimum atomic E-state index is -0.786. The van der Waals surface area contributed by atoms with Crippen LogP contribution in [0.25, 0.3) is 0 Å². The lowest BCUT2D eigenvalue weighted by Crippen LogP contribution is -2.47. The van der Waals surface area contributed by atoms with Gasteiger partial charge in [0.2, 0.25) is 0 Å². The largest absolute Gasteiger partial charge is 0.486 e. The molecule has 1 heterocycles. The van der Waals surface area contributed by atoms with Crippen LogP contribution in [-0.4, -0.2) is 48.2 Å². The molecule has 1 aromatic rings. The van der Waals surface area contributed by atoms with Crippen molar-refractivity contribution in [1.29, 1.82) is 0 Å². The third kappa shape index (κ3) is 2.53. The van der Waals surface area contributed by atoms with E-state index in [4.69, 9.17) is 14.6 Å². The van der Waals surface area contributed by atoms with E-state index < -0.39 is 5.97 Å². The van der Waals surface area contributed by atoms with Gasteiger partial charge in [0.15, 0.2) is 11.5 Å². The van der Waals surface area contributed by atoms with Crippen molar-refractivity contribution < 1.29 is 24.2 Å². The molecule has 1 saturated carbocycles. The van der Waals surface area contributed by atoms with Gasteiger partial charge in [-0.3, -0.25) is 9.59 Å². The maximum absolute atomic E-state index is 12.4. The van der Waals surface area contributed by atoms with Crippen LogP contribution in [0, 0.1) is 5.92 Å². The number of rotatable bonds is 3. The van der Waals surface area contributed by atoms with Gasteiger partial charge in [0.1, 0.15) is 13.2 Å². The molecule has 2 aliphatic rings. The number of carboxylic acids is 1. The van der Waals surface area contributed by atoms with Crippen molar-refractivity contribution in [3.05, 3.63) is 23.8 Å². The SMILES string of the molecule is CN(C(=O)c1ccc2c(c1)OCCO2)C1CC(C(=O)O)C1. The van der Waals surface area contributed by atoms with Crippen LogP contribution in [0.1, 0.15) is 23.2 Å². The molecule has 0 atom stereocenters. The van der Waals surface area contributed by atoms with Crippen molar-refractivity contribution >= 4 is 11.9 Å². The normalized spacial score (nSPS) is 23.1. The molecule has 1 aromatic carbocycles. The maximum Gasteiger partial charge on any atom is 0.306 e. The Bertz CT molecular complexity index is 579. The monoisotopic (exact) mass is 291 g/mol. The van der Waals surface area contributed by atoms with E-state index in [1.807, 2.05) is 0 Å². The van der Waals surface area contributed by atoms with Crippen LogP contribution in [0.15, 0.2) is 18.2 Å². The summed E-state index contributed by atoms with van der Waals surface area (Å²) in [5.41, 5.74) is 0.528. The fraction of sp³-hybridized carbons (Fsp3) is 0.467. The summed E-state index contributed by atoms with van der Waals surface area (Å²) in [4.78, 5) is 24.9. The van der Waals surface area contributed by atoms with Crippen molar-refractivity contribution in [2.45, 2.75) is 18.9 Å². The predicted molar refractivity (Wildman–Crippen MR) is 73.7 cm³/mol. The Balaban J connectivity index is 1.69. The summed E-state index contributed by atoms with van der Waals surface area (Å²) in [6.45, 7) is 0.988. The number of amides is 1. The average Bonchev–Trinajstić information content (AvgIpc) is 2.43. The third-order valence-electron chi connectivity index (χ3n) is 4.12. The van der Waals surface area contributed by atoms with Gasteiger partial charge >= 0.3 is 5.97 Å². The number of carbonyl (C=O) groups is 2. The minimum Gasteiger partial charge on any atom is -0.486 e. The van der Waals surface area contributed by atoms with Gasteiger partial charge < -0.3 is 19.5 Å². The Morgan fingerprint density at radius 3 is 2.52 bits per heavy atom. The molecule has 6 heteroatoms. The van der Waals surface area contributed by atoms with Crippen molar-refractivity contribution in [1.82, 2.24) is 4.90 Å². The number of fused-ring (bicyclic) bond motifs is 1. The Kier molecular flexibility index (Phi) is 3.45. The van der Waals surface area contributed by atoms with Crippen molar-refractivity contribution in [2.75, 3.05) is 20.3 Å². The van der Waals surface area contributed by atoms with Crippen LogP contribution in [-0.2, 0) is 4.79 Å². The van der Waals surface area contributed by atoms with Crippen LogP contribution in [0.4, 0.5) is 0 Å². The third-order valence-corrected chi connectivity index (χ3v) is 4.12. The Morgan fingerprint density at radius 2 is 1.86 bits per heavy atom. The van der Waals surface area contributed by atoms with Gasteiger partial charge in [-0.2, -0.15) is 0 Å². The average molecular weight is 291 g/mol. The first-order valence-electron chi connectivity index (χ1n) is 6.96. The van der Waals surface area contributed by atoms with Crippen LogP contribution in [0.5, 0.6) is 11.5 Å². The number of hydrogen-bond donors (Lipinski definition) is 1. The van der Waals surface area contributed by atoms with Gasteiger partial charge in [-0.1, -0.05) is 0 Å². The van der Waals surface area contributed by atoms with E-state index >= 15 is 0 Å². The second-order valence-corrected chi connectivity index (χ2v) is 5.43. The summed E-state index contributed by atoms with van der Waals surface area (Å²) in [5.74, 6) is -0.00897. The Labute approximate surface area is 122 Å². The molecule has 1 aliphatic heterocycles.